The van der Waals surface area contributed by atoms with E-state index < -0.39 is 5.97 Å². The molecule has 5 heteroatoms. The van der Waals surface area contributed by atoms with Gasteiger partial charge in [-0.05, 0) is 50.7 Å². The molecule has 0 amide bonds. The smallest absolute Gasteiger partial charge is 0.317 e. The van der Waals surface area contributed by atoms with Gasteiger partial charge in [0.15, 0.2) is 0 Å². The van der Waals surface area contributed by atoms with Crippen LogP contribution in [0.3, 0.4) is 0 Å². The molecule has 3 aliphatic carbocycles. The van der Waals surface area contributed by atoms with Crippen molar-refractivity contribution in [3.63, 3.8) is 0 Å². The lowest BCUT2D eigenvalue weighted by Crippen LogP contribution is -2.55. The van der Waals surface area contributed by atoms with Crippen LogP contribution >= 0.6 is 11.8 Å². The second-order valence-electron chi connectivity index (χ2n) is 6.86. The van der Waals surface area contributed by atoms with Crippen LogP contribution in [0, 0.1) is 5.92 Å². The molecule has 2 N–H and O–H groups in total. The summed E-state index contributed by atoms with van der Waals surface area (Å²) in [5, 5.41) is 12.7. The van der Waals surface area contributed by atoms with Crippen LogP contribution < -0.4 is 5.32 Å². The fourth-order valence-electron chi connectivity index (χ4n) is 3.12. The molecule has 4 nitrogen and oxygen atoms in total. The van der Waals surface area contributed by atoms with Crippen LogP contribution in [0.5, 0.6) is 0 Å². The van der Waals surface area contributed by atoms with Gasteiger partial charge in [-0.1, -0.05) is 0 Å². The van der Waals surface area contributed by atoms with Crippen LogP contribution in [0.4, 0.5) is 0 Å². The minimum Gasteiger partial charge on any atom is -0.480 e. The summed E-state index contributed by atoms with van der Waals surface area (Å²) in [5.74, 6) is 0.0916. The Balaban J connectivity index is 1.39. The maximum absolute atomic E-state index is 11.0. The molecular weight excluding hydrogens is 272 g/mol. The summed E-state index contributed by atoms with van der Waals surface area (Å²) >= 11 is 2.00. The number of nitrogens with zero attached hydrogens (tertiary/aromatic N) is 1. The minimum atomic E-state index is -0.679. The zero-order valence-corrected chi connectivity index (χ0v) is 13.1. The summed E-state index contributed by atoms with van der Waals surface area (Å²) in [5.41, 5.74) is 0. The van der Waals surface area contributed by atoms with Gasteiger partial charge in [-0.15, -0.1) is 0 Å². The second kappa shape index (κ2) is 5.85. The van der Waals surface area contributed by atoms with Crippen LogP contribution in [-0.2, 0) is 4.79 Å². The third kappa shape index (κ3) is 3.68. The van der Waals surface area contributed by atoms with E-state index in [4.69, 9.17) is 5.11 Å². The van der Waals surface area contributed by atoms with E-state index >= 15 is 0 Å². The fraction of sp³-hybridized carbons (Fsp3) is 0.933. The Morgan fingerprint density at radius 2 is 2.10 bits per heavy atom. The van der Waals surface area contributed by atoms with Gasteiger partial charge < -0.3 is 10.4 Å². The molecule has 0 atom stereocenters. The number of carbonyl (C=O) groups is 1. The van der Waals surface area contributed by atoms with Crippen molar-refractivity contribution in [2.45, 2.75) is 55.4 Å². The third-order valence-corrected chi connectivity index (χ3v) is 6.53. The van der Waals surface area contributed by atoms with Crippen LogP contribution in [-0.4, -0.2) is 58.7 Å². The lowest BCUT2D eigenvalue weighted by Gasteiger charge is -2.43. The van der Waals surface area contributed by atoms with Gasteiger partial charge >= 0.3 is 5.97 Å². The molecule has 3 rings (SSSR count). The number of hydrogen-bond donors (Lipinski definition) is 2. The van der Waals surface area contributed by atoms with E-state index in [-0.39, 0.29) is 6.54 Å². The molecule has 3 aliphatic rings. The third-order valence-electron chi connectivity index (χ3n) is 5.11. The standard InChI is InChI=1S/C15H26N2O2S/c1-20-15(4-5-15)10-16-12-6-13(7-12)17(9-14(18)19)8-11-2-3-11/h11-13,16H,2-10H2,1H3,(H,18,19). The average molecular weight is 298 g/mol. The van der Waals surface area contributed by atoms with E-state index in [1.807, 2.05) is 11.8 Å². The number of nitrogens with one attached hydrogen (secondary N) is 1. The van der Waals surface area contributed by atoms with Crippen molar-refractivity contribution in [3.8, 4) is 0 Å². The molecule has 0 aromatic heterocycles. The molecule has 3 saturated carbocycles. The number of carboxylic acid groups (broad SMARTS) is 1. The molecule has 0 aliphatic heterocycles. The number of rotatable bonds is 9. The second-order valence-corrected chi connectivity index (χ2v) is 8.13. The Kier molecular flexibility index (Phi) is 4.29. The molecule has 0 saturated heterocycles. The number of aliphatic carboxylic acids is 1. The van der Waals surface area contributed by atoms with Gasteiger partial charge in [0.05, 0.1) is 6.54 Å². The molecule has 0 aromatic carbocycles. The van der Waals surface area contributed by atoms with Crippen LogP contribution in [0.2, 0.25) is 0 Å². The summed E-state index contributed by atoms with van der Waals surface area (Å²) in [6, 6.07) is 1.11. The van der Waals surface area contributed by atoms with Gasteiger partial charge in [0, 0.05) is 29.9 Å². The van der Waals surface area contributed by atoms with Crippen molar-refractivity contribution in [1.82, 2.24) is 10.2 Å². The van der Waals surface area contributed by atoms with Crippen molar-refractivity contribution < 1.29 is 9.90 Å². The maximum atomic E-state index is 11.0. The van der Waals surface area contributed by atoms with Crippen molar-refractivity contribution in [3.05, 3.63) is 0 Å². The minimum absolute atomic E-state index is 0.225. The quantitative estimate of drug-likeness (QED) is 0.680. The van der Waals surface area contributed by atoms with Gasteiger partial charge in [0.25, 0.3) is 0 Å². The van der Waals surface area contributed by atoms with E-state index in [0.717, 1.165) is 31.8 Å². The summed E-state index contributed by atoms with van der Waals surface area (Å²) < 4.78 is 0.528. The van der Waals surface area contributed by atoms with Gasteiger partial charge in [0.1, 0.15) is 0 Å². The van der Waals surface area contributed by atoms with Crippen LogP contribution in [0.1, 0.15) is 38.5 Å². The molecule has 114 valence electrons. The van der Waals surface area contributed by atoms with E-state index in [2.05, 4.69) is 16.5 Å². The van der Waals surface area contributed by atoms with E-state index in [9.17, 15) is 4.79 Å². The highest BCUT2D eigenvalue weighted by atomic mass is 32.2. The molecule has 0 bridgehead atoms. The molecule has 0 spiro atoms. The first-order chi connectivity index (χ1) is 9.60. The SMILES string of the molecule is CSC1(CNC2CC(N(CC(=O)O)CC3CC3)C2)CC1. The first kappa shape index (κ1) is 14.7. The van der Waals surface area contributed by atoms with Gasteiger partial charge in [0.2, 0.25) is 0 Å². The highest BCUT2D eigenvalue weighted by Gasteiger charge is 2.43. The van der Waals surface area contributed by atoms with Crippen LogP contribution in [0.15, 0.2) is 0 Å². The van der Waals surface area contributed by atoms with Crippen LogP contribution in [0.25, 0.3) is 0 Å². The number of hydrogen-bond acceptors (Lipinski definition) is 4. The van der Waals surface area contributed by atoms with Crippen molar-refractivity contribution in [2.24, 2.45) is 5.92 Å². The Morgan fingerprint density at radius 1 is 1.40 bits per heavy atom. The van der Waals surface area contributed by atoms with Gasteiger partial charge in [-0.2, -0.15) is 11.8 Å². The Morgan fingerprint density at radius 3 is 2.60 bits per heavy atom. The summed E-state index contributed by atoms with van der Waals surface area (Å²) in [4.78, 5) is 13.2. The molecule has 0 unspecified atom stereocenters. The normalized spacial score (nSPS) is 31.1. The zero-order valence-electron chi connectivity index (χ0n) is 12.3. The van der Waals surface area contributed by atoms with Gasteiger partial charge in [-0.3, -0.25) is 9.69 Å². The molecule has 0 heterocycles. The maximum Gasteiger partial charge on any atom is 0.317 e. The van der Waals surface area contributed by atoms with Crippen molar-refractivity contribution in [2.75, 3.05) is 25.9 Å². The summed E-state index contributed by atoms with van der Waals surface area (Å²) in [7, 11) is 0. The molecule has 3 fully saturated rings. The van der Waals surface area contributed by atoms with Crippen molar-refractivity contribution >= 4 is 17.7 Å². The monoisotopic (exact) mass is 298 g/mol. The Labute approximate surface area is 125 Å². The predicted molar refractivity (Wildman–Crippen MR) is 82.2 cm³/mol. The highest BCUT2D eigenvalue weighted by Crippen LogP contribution is 2.46. The van der Waals surface area contributed by atoms with Crippen molar-refractivity contribution in [1.29, 1.82) is 0 Å². The first-order valence-corrected chi connectivity index (χ1v) is 9.07. The fourth-order valence-corrected chi connectivity index (χ4v) is 3.86. The molecule has 0 aromatic rings. The Bertz CT molecular complexity index is 363. The molecular formula is C15H26N2O2S. The topological polar surface area (TPSA) is 52.6 Å². The van der Waals surface area contributed by atoms with Gasteiger partial charge in [-0.25, -0.2) is 0 Å². The lowest BCUT2D eigenvalue weighted by atomic mass is 9.85. The predicted octanol–water partition coefficient (Wildman–Crippen LogP) is 1.80. The number of carboxylic acids is 1. The summed E-state index contributed by atoms with van der Waals surface area (Å²) in [6.07, 6.45) is 9.76. The largest absolute Gasteiger partial charge is 0.480 e. The zero-order chi connectivity index (χ0) is 14.2. The summed E-state index contributed by atoms with van der Waals surface area (Å²) in [6.45, 7) is 2.36. The molecule has 20 heavy (non-hydrogen) atoms. The van der Waals surface area contributed by atoms with E-state index in [1.54, 1.807) is 0 Å². The highest BCUT2D eigenvalue weighted by molar-refractivity contribution is 8.00. The van der Waals surface area contributed by atoms with E-state index in [1.165, 1.54) is 25.7 Å². The molecule has 0 radical (unpaired) electrons. The average Bonchev–Trinajstić information content (AvgIpc) is 3.21. The van der Waals surface area contributed by atoms with E-state index in [0.29, 0.717) is 16.8 Å². The first-order valence-electron chi connectivity index (χ1n) is 7.84. The lowest BCUT2D eigenvalue weighted by molar-refractivity contribution is -0.139. The number of thioether (sulfide) groups is 1. The Hall–Kier alpha value is -0.260.